The first-order chi connectivity index (χ1) is 13.9. The monoisotopic (exact) mass is 442 g/mol. The standard InChI is InChI=1S/C20H18F4N2O3S/c1-13-3-2-12-25-17(13)19(21)10-8-14(9-11-19)18(27)26-15-4-6-16(7-5-15)30(28,29)20(22,23)24/h2-8,12H,9-11H2,1H3,(H,26,27). The normalized spacial score (nSPS) is 19.8. The van der Waals surface area contributed by atoms with Crippen molar-refractivity contribution in [1.29, 1.82) is 0 Å². The number of aryl methyl sites for hydroxylation is 1. The third-order valence-electron chi connectivity index (χ3n) is 4.92. The van der Waals surface area contributed by atoms with E-state index in [0.29, 0.717) is 11.3 Å². The zero-order valence-electron chi connectivity index (χ0n) is 15.8. The third kappa shape index (κ3) is 4.23. The van der Waals surface area contributed by atoms with Crippen LogP contribution in [0.15, 0.2) is 59.1 Å². The van der Waals surface area contributed by atoms with Gasteiger partial charge in [0.25, 0.3) is 15.7 Å². The Bertz CT molecular complexity index is 1100. The summed E-state index contributed by atoms with van der Waals surface area (Å²) in [6.07, 6.45) is 3.18. The van der Waals surface area contributed by atoms with Crippen LogP contribution in [0.1, 0.15) is 30.5 Å². The highest BCUT2D eigenvalue weighted by molar-refractivity contribution is 7.92. The number of benzene rings is 1. The molecule has 10 heteroatoms. The predicted octanol–water partition coefficient (Wildman–Crippen LogP) is 4.60. The Morgan fingerprint density at radius 2 is 1.83 bits per heavy atom. The first-order valence-electron chi connectivity index (χ1n) is 8.97. The molecule has 0 saturated carbocycles. The summed E-state index contributed by atoms with van der Waals surface area (Å²) < 4.78 is 75.8. The van der Waals surface area contributed by atoms with Crippen LogP contribution in [-0.4, -0.2) is 24.8 Å². The van der Waals surface area contributed by atoms with Gasteiger partial charge in [-0.25, -0.2) is 12.8 Å². The lowest BCUT2D eigenvalue weighted by molar-refractivity contribution is -0.113. The Labute approximate surface area is 170 Å². The maximum Gasteiger partial charge on any atom is 0.501 e. The summed E-state index contributed by atoms with van der Waals surface area (Å²) in [7, 11) is -5.46. The van der Waals surface area contributed by atoms with E-state index in [9.17, 15) is 26.4 Å². The zero-order valence-corrected chi connectivity index (χ0v) is 16.6. The van der Waals surface area contributed by atoms with E-state index in [2.05, 4.69) is 10.3 Å². The average molecular weight is 442 g/mol. The van der Waals surface area contributed by atoms with Crippen molar-refractivity contribution >= 4 is 21.4 Å². The zero-order chi connectivity index (χ0) is 22.2. The van der Waals surface area contributed by atoms with Gasteiger partial charge in [-0.3, -0.25) is 9.78 Å². The van der Waals surface area contributed by atoms with Crippen LogP contribution in [0, 0.1) is 6.92 Å². The van der Waals surface area contributed by atoms with E-state index in [4.69, 9.17) is 0 Å². The molecule has 1 N–H and O–H groups in total. The highest BCUT2D eigenvalue weighted by atomic mass is 32.2. The Morgan fingerprint density at radius 1 is 1.17 bits per heavy atom. The number of amides is 1. The molecule has 0 aliphatic heterocycles. The number of hydrogen-bond donors (Lipinski definition) is 1. The highest BCUT2D eigenvalue weighted by Crippen LogP contribution is 2.40. The van der Waals surface area contributed by atoms with Gasteiger partial charge in [-0.2, -0.15) is 13.2 Å². The number of alkyl halides is 4. The van der Waals surface area contributed by atoms with Crippen molar-refractivity contribution in [1.82, 2.24) is 4.98 Å². The van der Waals surface area contributed by atoms with Crippen LogP contribution < -0.4 is 5.32 Å². The lowest BCUT2D eigenvalue weighted by atomic mass is 9.82. The molecule has 3 rings (SSSR count). The van der Waals surface area contributed by atoms with Gasteiger partial charge in [0.1, 0.15) is 0 Å². The number of hydrogen-bond acceptors (Lipinski definition) is 4. The van der Waals surface area contributed by atoms with Gasteiger partial charge in [0, 0.05) is 23.9 Å². The molecule has 1 amide bonds. The number of sulfone groups is 1. The van der Waals surface area contributed by atoms with Gasteiger partial charge >= 0.3 is 5.51 Å². The quantitative estimate of drug-likeness (QED) is 0.703. The van der Waals surface area contributed by atoms with Gasteiger partial charge in [0.2, 0.25) is 0 Å². The lowest BCUT2D eigenvalue weighted by Crippen LogP contribution is -2.28. The van der Waals surface area contributed by atoms with Gasteiger partial charge in [-0.1, -0.05) is 12.1 Å². The number of nitrogens with one attached hydrogen (secondary N) is 1. The molecule has 2 aromatic rings. The lowest BCUT2D eigenvalue weighted by Gasteiger charge is -2.29. The van der Waals surface area contributed by atoms with E-state index in [1.807, 2.05) is 0 Å². The molecular weight excluding hydrogens is 424 g/mol. The minimum absolute atomic E-state index is 0.0314. The number of carbonyl (C=O) groups excluding carboxylic acids is 1. The maximum absolute atomic E-state index is 15.3. The Morgan fingerprint density at radius 3 is 2.37 bits per heavy atom. The molecule has 160 valence electrons. The van der Waals surface area contributed by atoms with Gasteiger partial charge in [-0.15, -0.1) is 0 Å². The number of halogens is 4. The van der Waals surface area contributed by atoms with E-state index in [1.54, 1.807) is 19.1 Å². The molecule has 1 aromatic heterocycles. The predicted molar refractivity (Wildman–Crippen MR) is 102 cm³/mol. The molecule has 1 heterocycles. The van der Waals surface area contributed by atoms with E-state index >= 15 is 4.39 Å². The SMILES string of the molecule is Cc1cccnc1C1(F)CC=C(C(=O)Nc2ccc(S(=O)(=O)C(F)(F)F)cc2)CC1. The second-order valence-corrected chi connectivity index (χ2v) is 8.94. The Kier molecular flexibility index (Phi) is 5.72. The highest BCUT2D eigenvalue weighted by Gasteiger charge is 2.46. The van der Waals surface area contributed by atoms with Crippen molar-refractivity contribution in [2.75, 3.05) is 5.32 Å². The average Bonchev–Trinajstić information content (AvgIpc) is 2.68. The van der Waals surface area contributed by atoms with Crippen molar-refractivity contribution in [3.05, 3.63) is 65.5 Å². The molecule has 30 heavy (non-hydrogen) atoms. The smallest absolute Gasteiger partial charge is 0.322 e. The van der Waals surface area contributed by atoms with Crippen molar-refractivity contribution in [3.63, 3.8) is 0 Å². The van der Waals surface area contributed by atoms with Crippen molar-refractivity contribution < 1.29 is 30.8 Å². The fraction of sp³-hybridized carbons (Fsp3) is 0.300. The van der Waals surface area contributed by atoms with Gasteiger partial charge < -0.3 is 5.32 Å². The molecular formula is C20H18F4N2O3S. The van der Waals surface area contributed by atoms with E-state index in [0.717, 1.165) is 29.8 Å². The van der Waals surface area contributed by atoms with E-state index in [-0.39, 0.29) is 24.9 Å². The van der Waals surface area contributed by atoms with Gasteiger partial charge in [-0.05, 0) is 55.7 Å². The molecule has 1 aliphatic carbocycles. The van der Waals surface area contributed by atoms with Crippen LogP contribution in [-0.2, 0) is 20.3 Å². The molecule has 0 saturated heterocycles. The summed E-state index contributed by atoms with van der Waals surface area (Å²) in [6, 6.07) is 7.14. The molecule has 0 radical (unpaired) electrons. The van der Waals surface area contributed by atoms with Crippen molar-refractivity contribution in [2.45, 2.75) is 42.3 Å². The second-order valence-electron chi connectivity index (χ2n) is 7.00. The van der Waals surface area contributed by atoms with E-state index in [1.165, 1.54) is 12.3 Å². The minimum Gasteiger partial charge on any atom is -0.322 e. The van der Waals surface area contributed by atoms with Crippen LogP contribution in [0.3, 0.4) is 0 Å². The summed E-state index contributed by atoms with van der Waals surface area (Å²) in [5, 5.41) is 2.49. The number of rotatable bonds is 4. The number of aromatic nitrogens is 1. The van der Waals surface area contributed by atoms with Crippen molar-refractivity contribution in [2.24, 2.45) is 0 Å². The number of anilines is 1. The van der Waals surface area contributed by atoms with Crippen molar-refractivity contribution in [3.8, 4) is 0 Å². The van der Waals surface area contributed by atoms with Crippen LogP contribution in [0.25, 0.3) is 0 Å². The Hall–Kier alpha value is -2.75. The van der Waals surface area contributed by atoms with Crippen LogP contribution in [0.4, 0.5) is 23.2 Å². The summed E-state index contributed by atoms with van der Waals surface area (Å²) in [4.78, 5) is 15.6. The number of carbonyl (C=O) groups is 1. The number of allylic oxidation sites excluding steroid dienone is 1. The second kappa shape index (κ2) is 7.82. The van der Waals surface area contributed by atoms with Crippen LogP contribution >= 0.6 is 0 Å². The minimum atomic E-state index is -5.46. The summed E-state index contributed by atoms with van der Waals surface area (Å²) in [5.41, 5.74) is -5.57. The summed E-state index contributed by atoms with van der Waals surface area (Å²) in [6.45, 7) is 1.76. The summed E-state index contributed by atoms with van der Waals surface area (Å²) >= 11 is 0. The van der Waals surface area contributed by atoms with Crippen LogP contribution in [0.5, 0.6) is 0 Å². The Balaban J connectivity index is 1.70. The molecule has 0 bridgehead atoms. The first kappa shape index (κ1) is 21.9. The fourth-order valence-electron chi connectivity index (χ4n) is 3.26. The fourth-order valence-corrected chi connectivity index (χ4v) is 4.02. The third-order valence-corrected chi connectivity index (χ3v) is 6.42. The van der Waals surface area contributed by atoms with Gasteiger partial charge in [0.05, 0.1) is 10.6 Å². The molecule has 1 aromatic carbocycles. The molecule has 0 spiro atoms. The summed E-state index contributed by atoms with van der Waals surface area (Å²) in [5.74, 6) is -0.527. The molecule has 1 atom stereocenters. The molecule has 1 unspecified atom stereocenters. The largest absolute Gasteiger partial charge is 0.501 e. The number of pyridine rings is 1. The van der Waals surface area contributed by atoms with E-state index < -0.39 is 31.8 Å². The van der Waals surface area contributed by atoms with Gasteiger partial charge in [0.15, 0.2) is 5.67 Å². The molecule has 0 fully saturated rings. The number of nitrogens with zero attached hydrogens (tertiary/aromatic N) is 1. The maximum atomic E-state index is 15.3. The topological polar surface area (TPSA) is 76.1 Å². The molecule has 5 nitrogen and oxygen atoms in total. The first-order valence-corrected chi connectivity index (χ1v) is 10.5. The molecule has 1 aliphatic rings. The van der Waals surface area contributed by atoms with Crippen LogP contribution in [0.2, 0.25) is 0 Å².